The van der Waals surface area contributed by atoms with Crippen molar-refractivity contribution in [3.8, 4) is 0 Å². The minimum atomic E-state index is -0.266. The Kier molecular flexibility index (Phi) is 6.12. The molecule has 0 unspecified atom stereocenters. The molecule has 1 fully saturated rings. The van der Waals surface area contributed by atoms with E-state index in [1.54, 1.807) is 24.3 Å². The van der Waals surface area contributed by atoms with Crippen LogP contribution in [0.5, 0.6) is 0 Å². The molecule has 1 aliphatic heterocycles. The molecule has 0 aliphatic carbocycles. The Hall–Kier alpha value is -2.11. The molecule has 3 rings (SSSR count). The van der Waals surface area contributed by atoms with Crippen LogP contribution in [0.15, 0.2) is 48.5 Å². The molecule has 0 radical (unpaired) electrons. The second kappa shape index (κ2) is 8.52. The number of halogens is 1. The highest BCUT2D eigenvalue weighted by Crippen LogP contribution is 2.25. The summed E-state index contributed by atoms with van der Waals surface area (Å²) in [6, 6.07) is 15.4. The number of benzene rings is 2. The van der Waals surface area contributed by atoms with Crippen molar-refractivity contribution in [2.75, 3.05) is 16.8 Å². The molecule has 4 nitrogen and oxygen atoms in total. The van der Waals surface area contributed by atoms with E-state index < -0.39 is 0 Å². The van der Waals surface area contributed by atoms with Crippen molar-refractivity contribution >= 4 is 46.2 Å². The fourth-order valence-electron chi connectivity index (χ4n) is 3.16. The average molecular weight is 388 g/mol. The van der Waals surface area contributed by atoms with Gasteiger partial charge in [0.25, 0.3) is 5.91 Å². The minimum absolute atomic E-state index is 0.266. The molecular formula is C20H22ClN3OS. The molecule has 1 saturated heterocycles. The maximum atomic E-state index is 12.2. The van der Waals surface area contributed by atoms with Crippen LogP contribution < -0.4 is 15.5 Å². The summed E-state index contributed by atoms with van der Waals surface area (Å²) in [6.07, 6.45) is 3.78. The number of amides is 1. The van der Waals surface area contributed by atoms with E-state index in [0.717, 1.165) is 12.2 Å². The van der Waals surface area contributed by atoms with Crippen LogP contribution in [-0.4, -0.2) is 23.6 Å². The monoisotopic (exact) mass is 387 g/mol. The van der Waals surface area contributed by atoms with Gasteiger partial charge >= 0.3 is 0 Å². The second-order valence-corrected chi connectivity index (χ2v) is 7.34. The number of thiocarbonyl (C=S) groups is 1. The Morgan fingerprint density at radius 1 is 1.12 bits per heavy atom. The zero-order chi connectivity index (χ0) is 18.5. The van der Waals surface area contributed by atoms with Gasteiger partial charge < -0.3 is 10.2 Å². The van der Waals surface area contributed by atoms with Crippen LogP contribution >= 0.6 is 23.8 Å². The van der Waals surface area contributed by atoms with Crippen LogP contribution in [0.4, 0.5) is 11.4 Å². The van der Waals surface area contributed by atoms with E-state index in [-0.39, 0.29) is 11.0 Å². The highest BCUT2D eigenvalue weighted by Gasteiger charge is 2.18. The van der Waals surface area contributed by atoms with E-state index in [1.807, 2.05) is 12.1 Å². The zero-order valence-electron chi connectivity index (χ0n) is 14.7. The normalized spacial score (nSPS) is 16.8. The Balaban J connectivity index is 1.57. The first-order valence-electron chi connectivity index (χ1n) is 8.77. The average Bonchev–Trinajstić information content (AvgIpc) is 2.63. The minimum Gasteiger partial charge on any atom is -0.369 e. The van der Waals surface area contributed by atoms with E-state index in [2.05, 4.69) is 34.6 Å². The summed E-state index contributed by atoms with van der Waals surface area (Å²) in [7, 11) is 0. The summed E-state index contributed by atoms with van der Waals surface area (Å²) in [5.41, 5.74) is 2.58. The van der Waals surface area contributed by atoms with Gasteiger partial charge in [-0.15, -0.1) is 0 Å². The zero-order valence-corrected chi connectivity index (χ0v) is 16.2. The number of anilines is 2. The lowest BCUT2D eigenvalue weighted by Crippen LogP contribution is -2.37. The molecule has 2 aromatic rings. The summed E-state index contributed by atoms with van der Waals surface area (Å²) in [6.45, 7) is 3.37. The van der Waals surface area contributed by atoms with Crippen molar-refractivity contribution in [1.82, 2.24) is 5.32 Å². The Morgan fingerprint density at radius 2 is 1.81 bits per heavy atom. The first-order valence-corrected chi connectivity index (χ1v) is 9.56. The highest BCUT2D eigenvalue weighted by atomic mass is 35.5. The molecule has 1 aliphatic rings. The summed E-state index contributed by atoms with van der Waals surface area (Å²) < 4.78 is 0. The van der Waals surface area contributed by atoms with Crippen LogP contribution in [-0.2, 0) is 0 Å². The highest BCUT2D eigenvalue weighted by molar-refractivity contribution is 7.80. The molecule has 136 valence electrons. The molecule has 2 aromatic carbocycles. The summed E-state index contributed by atoms with van der Waals surface area (Å²) in [5, 5.41) is 6.58. The number of carbonyl (C=O) groups is 1. The number of nitrogens with zero attached hydrogens (tertiary/aromatic N) is 1. The van der Waals surface area contributed by atoms with Crippen molar-refractivity contribution in [1.29, 1.82) is 0 Å². The van der Waals surface area contributed by atoms with E-state index in [4.69, 9.17) is 23.8 Å². The summed E-state index contributed by atoms with van der Waals surface area (Å²) in [4.78, 5) is 14.6. The van der Waals surface area contributed by atoms with Crippen LogP contribution in [0, 0.1) is 0 Å². The predicted octanol–water partition coefficient (Wildman–Crippen LogP) is 4.85. The molecule has 26 heavy (non-hydrogen) atoms. The number of hydrogen-bond donors (Lipinski definition) is 2. The number of rotatable bonds is 3. The van der Waals surface area contributed by atoms with E-state index in [9.17, 15) is 4.79 Å². The molecule has 1 heterocycles. The topological polar surface area (TPSA) is 44.4 Å². The Bertz CT molecular complexity index is 777. The fourth-order valence-corrected chi connectivity index (χ4v) is 3.49. The third kappa shape index (κ3) is 4.74. The lowest BCUT2D eigenvalue weighted by atomic mass is 10.0. The summed E-state index contributed by atoms with van der Waals surface area (Å²) in [5.74, 6) is -0.266. The Labute approximate surface area is 164 Å². The number of carbonyl (C=O) groups excluding carboxylic acids is 1. The van der Waals surface area contributed by atoms with Crippen molar-refractivity contribution < 1.29 is 4.79 Å². The van der Waals surface area contributed by atoms with Gasteiger partial charge in [-0.3, -0.25) is 10.1 Å². The van der Waals surface area contributed by atoms with Gasteiger partial charge in [0, 0.05) is 34.5 Å². The van der Waals surface area contributed by atoms with Crippen molar-refractivity contribution in [2.24, 2.45) is 0 Å². The van der Waals surface area contributed by atoms with Crippen LogP contribution in [0.2, 0.25) is 5.02 Å². The van der Waals surface area contributed by atoms with Crippen LogP contribution in [0.25, 0.3) is 0 Å². The van der Waals surface area contributed by atoms with E-state index in [0.29, 0.717) is 16.6 Å². The molecule has 0 bridgehead atoms. The number of nitrogens with one attached hydrogen (secondary N) is 2. The number of piperidine rings is 1. The van der Waals surface area contributed by atoms with E-state index >= 15 is 0 Å². The molecule has 0 aromatic heterocycles. The molecule has 1 amide bonds. The van der Waals surface area contributed by atoms with Crippen molar-refractivity contribution in [2.45, 2.75) is 32.2 Å². The second-order valence-electron chi connectivity index (χ2n) is 6.50. The smallest absolute Gasteiger partial charge is 0.257 e. The van der Waals surface area contributed by atoms with Crippen molar-refractivity contribution in [3.63, 3.8) is 0 Å². The first-order chi connectivity index (χ1) is 12.5. The molecular weight excluding hydrogens is 366 g/mol. The SMILES string of the molecule is C[C@H]1CCCCN1c1ccc(NC(=S)NC(=O)c2ccc(Cl)cc2)cc1. The lowest BCUT2D eigenvalue weighted by Gasteiger charge is -2.35. The molecule has 1 atom stereocenters. The molecule has 2 N–H and O–H groups in total. The lowest BCUT2D eigenvalue weighted by molar-refractivity contribution is 0.0978. The molecule has 0 saturated carbocycles. The van der Waals surface area contributed by atoms with Gasteiger partial charge in [-0.2, -0.15) is 0 Å². The standard InChI is InChI=1S/C20H22ClN3OS/c1-14-4-2-3-13-24(14)18-11-9-17(10-12-18)22-20(26)23-19(25)15-5-7-16(21)8-6-15/h5-12,14H,2-4,13H2,1H3,(H2,22,23,25,26)/t14-/m0/s1. The third-order valence-corrected chi connectivity index (χ3v) is 5.05. The van der Waals surface area contributed by atoms with Gasteiger partial charge in [-0.1, -0.05) is 11.6 Å². The van der Waals surface area contributed by atoms with Crippen LogP contribution in [0.3, 0.4) is 0 Å². The van der Waals surface area contributed by atoms with Crippen LogP contribution in [0.1, 0.15) is 36.5 Å². The quantitative estimate of drug-likeness (QED) is 0.739. The first kappa shape index (κ1) is 18.7. The molecule has 0 spiro atoms. The maximum Gasteiger partial charge on any atom is 0.257 e. The summed E-state index contributed by atoms with van der Waals surface area (Å²) >= 11 is 11.1. The van der Waals surface area contributed by atoms with E-state index in [1.165, 1.54) is 24.9 Å². The fraction of sp³-hybridized carbons (Fsp3) is 0.300. The largest absolute Gasteiger partial charge is 0.369 e. The van der Waals surface area contributed by atoms with Gasteiger partial charge in [0.1, 0.15) is 0 Å². The maximum absolute atomic E-state index is 12.2. The van der Waals surface area contributed by atoms with Gasteiger partial charge in [-0.25, -0.2) is 0 Å². The Morgan fingerprint density at radius 3 is 2.46 bits per heavy atom. The van der Waals surface area contributed by atoms with Gasteiger partial charge in [-0.05, 0) is 86.9 Å². The van der Waals surface area contributed by atoms with Gasteiger partial charge in [0.2, 0.25) is 0 Å². The molecule has 6 heteroatoms. The predicted molar refractivity (Wildman–Crippen MR) is 112 cm³/mol. The van der Waals surface area contributed by atoms with Gasteiger partial charge in [0.05, 0.1) is 0 Å². The van der Waals surface area contributed by atoms with Gasteiger partial charge in [0.15, 0.2) is 5.11 Å². The van der Waals surface area contributed by atoms with Crippen molar-refractivity contribution in [3.05, 3.63) is 59.1 Å². The number of hydrogen-bond acceptors (Lipinski definition) is 3. The third-order valence-electron chi connectivity index (χ3n) is 4.59.